The second-order valence-electron chi connectivity index (χ2n) is 6.69. The van der Waals surface area contributed by atoms with E-state index < -0.39 is 6.10 Å². The molecule has 4 nitrogen and oxygen atoms in total. The van der Waals surface area contributed by atoms with Crippen molar-refractivity contribution < 1.29 is 9.90 Å². The van der Waals surface area contributed by atoms with Gasteiger partial charge in [0.25, 0.3) is 0 Å². The summed E-state index contributed by atoms with van der Waals surface area (Å²) in [7, 11) is 0. The van der Waals surface area contributed by atoms with Crippen molar-refractivity contribution in [2.75, 3.05) is 6.54 Å². The summed E-state index contributed by atoms with van der Waals surface area (Å²) in [5, 5.41) is 13.2. The molecule has 112 valence electrons. The first-order chi connectivity index (χ1) is 9.26. The number of aliphatic hydroxyl groups excluding tert-OH is 1. The van der Waals surface area contributed by atoms with Crippen LogP contribution in [0.3, 0.4) is 0 Å². The Kier molecular flexibility index (Phi) is 3.96. The number of hydrogen-bond acceptors (Lipinski definition) is 2. The van der Waals surface area contributed by atoms with Crippen molar-refractivity contribution in [3.63, 3.8) is 0 Å². The quantitative estimate of drug-likeness (QED) is 0.892. The summed E-state index contributed by atoms with van der Waals surface area (Å²) in [6.07, 6.45) is 1.26. The highest BCUT2D eigenvalue weighted by Crippen LogP contribution is 2.42. The maximum Gasteiger partial charge on any atom is 0.242 e. The molecule has 0 aliphatic heterocycles. The van der Waals surface area contributed by atoms with E-state index in [1.165, 1.54) is 0 Å². The fourth-order valence-corrected chi connectivity index (χ4v) is 3.34. The lowest BCUT2D eigenvalue weighted by atomic mass is 9.75. The number of nitrogens with one attached hydrogen (secondary N) is 1. The van der Waals surface area contributed by atoms with Crippen LogP contribution < -0.4 is 5.32 Å². The summed E-state index contributed by atoms with van der Waals surface area (Å²) < 4.78 is 2.09. The summed E-state index contributed by atoms with van der Waals surface area (Å²) in [4.78, 5) is 12.1. The van der Waals surface area contributed by atoms with Gasteiger partial charge in [-0.3, -0.25) is 4.79 Å². The van der Waals surface area contributed by atoms with E-state index in [9.17, 15) is 9.90 Å². The minimum atomic E-state index is -0.421. The van der Waals surface area contributed by atoms with Gasteiger partial charge in [0.15, 0.2) is 0 Å². The Morgan fingerprint density at radius 3 is 2.85 bits per heavy atom. The molecule has 2 unspecified atom stereocenters. The average molecular weight is 278 g/mol. The molecule has 20 heavy (non-hydrogen) atoms. The molecule has 0 fully saturated rings. The van der Waals surface area contributed by atoms with Crippen LogP contribution in [0.5, 0.6) is 0 Å². The van der Waals surface area contributed by atoms with E-state index in [0.717, 1.165) is 29.8 Å². The van der Waals surface area contributed by atoms with Crippen molar-refractivity contribution in [3.8, 4) is 0 Å². The lowest BCUT2D eigenvalue weighted by molar-refractivity contribution is -0.123. The monoisotopic (exact) mass is 278 g/mol. The summed E-state index contributed by atoms with van der Waals surface area (Å²) in [5.41, 5.74) is 3.23. The smallest absolute Gasteiger partial charge is 0.242 e. The fourth-order valence-electron chi connectivity index (χ4n) is 3.34. The third-order valence-electron chi connectivity index (χ3n) is 4.24. The third-order valence-corrected chi connectivity index (χ3v) is 4.24. The lowest BCUT2D eigenvalue weighted by Crippen LogP contribution is -2.34. The zero-order chi connectivity index (χ0) is 15.1. The van der Waals surface area contributed by atoms with Crippen LogP contribution in [-0.2, 0) is 11.2 Å². The molecule has 0 saturated carbocycles. The summed E-state index contributed by atoms with van der Waals surface area (Å²) in [6.45, 7) is 10.8. The average Bonchev–Trinajstić information content (AvgIpc) is 2.64. The Morgan fingerprint density at radius 2 is 2.25 bits per heavy atom. The summed E-state index contributed by atoms with van der Waals surface area (Å²) in [5.74, 6) is 0.0341. The van der Waals surface area contributed by atoms with Crippen LogP contribution in [0.15, 0.2) is 6.07 Å². The number of aliphatic hydroxyl groups is 1. The first-order valence-electron chi connectivity index (χ1n) is 7.43. The van der Waals surface area contributed by atoms with Crippen molar-refractivity contribution in [1.82, 2.24) is 9.88 Å². The number of amides is 1. The molecule has 0 radical (unpaired) electrons. The highest BCUT2D eigenvalue weighted by molar-refractivity contribution is 5.80. The second-order valence-corrected chi connectivity index (χ2v) is 6.69. The van der Waals surface area contributed by atoms with Gasteiger partial charge in [-0.2, -0.15) is 0 Å². The molecular weight excluding hydrogens is 252 g/mol. The Balaban J connectivity index is 2.43. The van der Waals surface area contributed by atoms with E-state index in [1.807, 2.05) is 26.8 Å². The van der Waals surface area contributed by atoms with Gasteiger partial charge in [-0.25, -0.2) is 0 Å². The molecule has 2 atom stereocenters. The molecule has 1 aromatic heterocycles. The van der Waals surface area contributed by atoms with Crippen molar-refractivity contribution in [2.45, 2.75) is 59.6 Å². The fraction of sp³-hybridized carbons (Fsp3) is 0.688. The highest BCUT2D eigenvalue weighted by Gasteiger charge is 2.35. The van der Waals surface area contributed by atoms with Crippen LogP contribution in [0.4, 0.5) is 0 Å². The number of hydrogen-bond donors (Lipinski definition) is 2. The van der Waals surface area contributed by atoms with Crippen LogP contribution in [0.1, 0.15) is 63.2 Å². The van der Waals surface area contributed by atoms with Gasteiger partial charge in [-0.1, -0.05) is 13.8 Å². The molecule has 2 N–H and O–H groups in total. The number of aryl methyl sites for hydroxylation is 1. The lowest BCUT2D eigenvalue weighted by Gasteiger charge is -2.34. The number of nitrogens with zero attached hydrogens (tertiary/aromatic N) is 1. The third kappa shape index (κ3) is 2.62. The van der Waals surface area contributed by atoms with E-state index in [-0.39, 0.29) is 17.4 Å². The van der Waals surface area contributed by atoms with Gasteiger partial charge in [-0.15, -0.1) is 0 Å². The maximum atomic E-state index is 12.1. The summed E-state index contributed by atoms with van der Waals surface area (Å²) in [6, 6.07) is 1.80. The number of fused-ring (bicyclic) bond motifs is 1. The number of carbonyl (C=O) groups excluding carboxylic acids is 1. The highest BCUT2D eigenvalue weighted by atomic mass is 16.3. The molecule has 2 rings (SSSR count). The number of aromatic nitrogens is 1. The Labute approximate surface area is 121 Å². The van der Waals surface area contributed by atoms with Crippen LogP contribution in [0, 0.1) is 12.3 Å². The molecule has 0 bridgehead atoms. The van der Waals surface area contributed by atoms with E-state index in [1.54, 1.807) is 0 Å². The normalized spacial score (nSPS) is 22.2. The predicted molar refractivity (Wildman–Crippen MR) is 79.6 cm³/mol. The first kappa shape index (κ1) is 15.1. The zero-order valence-electron chi connectivity index (χ0n) is 13.2. The molecule has 1 heterocycles. The van der Waals surface area contributed by atoms with Gasteiger partial charge >= 0.3 is 0 Å². The van der Waals surface area contributed by atoms with Gasteiger partial charge < -0.3 is 15.0 Å². The summed E-state index contributed by atoms with van der Waals surface area (Å²) >= 11 is 0. The first-order valence-corrected chi connectivity index (χ1v) is 7.43. The molecular formula is C16H26N2O2. The van der Waals surface area contributed by atoms with E-state index in [2.05, 4.69) is 23.7 Å². The maximum absolute atomic E-state index is 12.1. The molecule has 0 spiro atoms. The molecule has 4 heteroatoms. The van der Waals surface area contributed by atoms with Crippen LogP contribution >= 0.6 is 0 Å². The van der Waals surface area contributed by atoms with Gasteiger partial charge in [0, 0.05) is 23.5 Å². The van der Waals surface area contributed by atoms with Gasteiger partial charge in [-0.05, 0) is 45.1 Å². The van der Waals surface area contributed by atoms with Gasteiger partial charge in [0.2, 0.25) is 5.91 Å². The van der Waals surface area contributed by atoms with Gasteiger partial charge in [0.1, 0.15) is 6.04 Å². The van der Waals surface area contributed by atoms with Gasteiger partial charge in [0.05, 0.1) is 6.10 Å². The molecule has 1 aliphatic carbocycles. The Bertz CT molecular complexity index is 517. The Morgan fingerprint density at radius 1 is 1.60 bits per heavy atom. The zero-order valence-corrected chi connectivity index (χ0v) is 13.2. The SMILES string of the molecule is CCNC(=O)C(C)n1c(C)cc2c1CC(C)(C)CC2O. The molecule has 1 aliphatic rings. The van der Waals surface area contributed by atoms with Crippen molar-refractivity contribution in [3.05, 3.63) is 23.0 Å². The topological polar surface area (TPSA) is 54.3 Å². The molecule has 0 aromatic carbocycles. The van der Waals surface area contributed by atoms with Crippen molar-refractivity contribution in [1.29, 1.82) is 0 Å². The minimum absolute atomic E-state index is 0.0341. The predicted octanol–water partition coefficient (Wildman–Crippen LogP) is 2.50. The van der Waals surface area contributed by atoms with Crippen LogP contribution in [-0.4, -0.2) is 22.1 Å². The van der Waals surface area contributed by atoms with Crippen molar-refractivity contribution >= 4 is 5.91 Å². The standard InChI is InChI=1S/C16H26N2O2/c1-6-17-15(20)11(3)18-10(2)7-12-13(18)8-16(4,5)9-14(12)19/h7,11,14,19H,6,8-9H2,1-5H3,(H,17,20). The second kappa shape index (κ2) is 5.24. The van der Waals surface area contributed by atoms with E-state index in [0.29, 0.717) is 6.54 Å². The van der Waals surface area contributed by atoms with Crippen molar-refractivity contribution in [2.24, 2.45) is 5.41 Å². The molecule has 1 amide bonds. The number of rotatable bonds is 3. The van der Waals surface area contributed by atoms with Crippen LogP contribution in [0.2, 0.25) is 0 Å². The van der Waals surface area contributed by atoms with E-state index >= 15 is 0 Å². The minimum Gasteiger partial charge on any atom is -0.388 e. The molecule has 0 saturated heterocycles. The van der Waals surface area contributed by atoms with Crippen LogP contribution in [0.25, 0.3) is 0 Å². The number of likely N-dealkylation sites (N-methyl/N-ethyl adjacent to an activating group) is 1. The molecule has 1 aromatic rings. The number of carbonyl (C=O) groups is 1. The largest absolute Gasteiger partial charge is 0.388 e. The van der Waals surface area contributed by atoms with E-state index in [4.69, 9.17) is 0 Å². The Hall–Kier alpha value is -1.29.